The summed E-state index contributed by atoms with van der Waals surface area (Å²) in [5.41, 5.74) is 2.54. The summed E-state index contributed by atoms with van der Waals surface area (Å²) < 4.78 is 19.4. The molecular formula is C26H25FN4O4. The second-order valence-corrected chi connectivity index (χ2v) is 8.17. The van der Waals surface area contributed by atoms with Gasteiger partial charge in [0.1, 0.15) is 5.82 Å². The summed E-state index contributed by atoms with van der Waals surface area (Å²) in [5, 5.41) is 5.55. The molecule has 1 saturated heterocycles. The first-order valence-corrected chi connectivity index (χ1v) is 11.2. The van der Waals surface area contributed by atoms with Gasteiger partial charge in [0, 0.05) is 37.5 Å². The number of carbonyl (C=O) groups is 3. The number of ether oxygens (including phenoxy) is 1. The molecule has 0 radical (unpaired) electrons. The number of hydrogen-bond acceptors (Lipinski definition) is 5. The highest BCUT2D eigenvalue weighted by molar-refractivity contribution is 5.90. The lowest BCUT2D eigenvalue weighted by Gasteiger charge is -2.24. The van der Waals surface area contributed by atoms with E-state index in [1.165, 1.54) is 24.0 Å². The molecule has 3 amide bonds. The van der Waals surface area contributed by atoms with E-state index in [0.29, 0.717) is 29.8 Å². The standard InChI is InChI=1S/C26H25FN4O4/c1-17(32)30-22-10-8-19(9-11-22)24-23(25(33)29-14-12-21-7-2-3-13-28-21)31(26(34)35-24)16-18-5-4-6-20(27)15-18/h2-11,13,15,23-24H,12,14,16H2,1H3,(H,29,33)(H,30,32). The van der Waals surface area contributed by atoms with Crippen LogP contribution in [0.2, 0.25) is 0 Å². The van der Waals surface area contributed by atoms with Crippen LogP contribution < -0.4 is 10.6 Å². The molecule has 9 heteroatoms. The van der Waals surface area contributed by atoms with Crippen molar-refractivity contribution in [3.63, 3.8) is 0 Å². The van der Waals surface area contributed by atoms with E-state index < -0.39 is 24.1 Å². The molecule has 1 fully saturated rings. The molecule has 1 aliphatic heterocycles. The second-order valence-electron chi connectivity index (χ2n) is 8.17. The van der Waals surface area contributed by atoms with Crippen LogP contribution in [-0.4, -0.2) is 40.4 Å². The lowest BCUT2D eigenvalue weighted by Crippen LogP contribution is -2.46. The van der Waals surface area contributed by atoms with Gasteiger partial charge >= 0.3 is 6.09 Å². The van der Waals surface area contributed by atoms with Crippen LogP contribution >= 0.6 is 0 Å². The van der Waals surface area contributed by atoms with E-state index in [9.17, 15) is 18.8 Å². The van der Waals surface area contributed by atoms with Crippen molar-refractivity contribution in [2.24, 2.45) is 0 Å². The van der Waals surface area contributed by atoms with Gasteiger partial charge in [0.15, 0.2) is 12.1 Å². The number of cyclic esters (lactones) is 1. The highest BCUT2D eigenvalue weighted by atomic mass is 19.1. The fourth-order valence-corrected chi connectivity index (χ4v) is 3.97. The van der Waals surface area contributed by atoms with Crippen molar-refractivity contribution in [1.82, 2.24) is 15.2 Å². The van der Waals surface area contributed by atoms with Crippen LogP contribution in [0.1, 0.15) is 29.8 Å². The minimum atomic E-state index is -0.971. The molecule has 2 unspecified atom stereocenters. The molecule has 2 heterocycles. The second kappa shape index (κ2) is 10.8. The summed E-state index contributed by atoms with van der Waals surface area (Å²) in [6.07, 6.45) is 0.656. The molecule has 8 nitrogen and oxygen atoms in total. The maximum absolute atomic E-state index is 13.7. The third-order valence-electron chi connectivity index (χ3n) is 5.56. The van der Waals surface area contributed by atoms with Crippen molar-refractivity contribution in [3.05, 3.63) is 95.6 Å². The molecule has 2 N–H and O–H groups in total. The monoisotopic (exact) mass is 476 g/mol. The number of amides is 3. The Bertz CT molecular complexity index is 1200. The van der Waals surface area contributed by atoms with E-state index in [0.717, 1.165) is 5.69 Å². The van der Waals surface area contributed by atoms with E-state index in [-0.39, 0.29) is 18.4 Å². The fourth-order valence-electron chi connectivity index (χ4n) is 3.97. The van der Waals surface area contributed by atoms with E-state index in [1.54, 1.807) is 42.6 Å². The Hall–Kier alpha value is -4.27. The predicted octanol–water partition coefficient (Wildman–Crippen LogP) is 3.60. The van der Waals surface area contributed by atoms with Crippen LogP contribution in [0.4, 0.5) is 14.9 Å². The average molecular weight is 477 g/mol. The third kappa shape index (κ3) is 6.00. The number of pyridine rings is 1. The average Bonchev–Trinajstić information content (AvgIpc) is 3.15. The van der Waals surface area contributed by atoms with E-state index in [4.69, 9.17) is 4.74 Å². The van der Waals surface area contributed by atoms with Gasteiger partial charge < -0.3 is 15.4 Å². The third-order valence-corrected chi connectivity index (χ3v) is 5.56. The minimum absolute atomic E-state index is 0.00932. The first-order valence-electron chi connectivity index (χ1n) is 11.2. The van der Waals surface area contributed by atoms with Gasteiger partial charge in [-0.1, -0.05) is 30.3 Å². The van der Waals surface area contributed by atoms with Crippen molar-refractivity contribution >= 4 is 23.6 Å². The number of benzene rings is 2. The van der Waals surface area contributed by atoms with Crippen molar-refractivity contribution in [2.45, 2.75) is 32.0 Å². The van der Waals surface area contributed by atoms with Gasteiger partial charge in [0.25, 0.3) is 0 Å². The maximum atomic E-state index is 13.7. The Balaban J connectivity index is 1.55. The van der Waals surface area contributed by atoms with Crippen LogP contribution in [0.15, 0.2) is 72.9 Å². The quantitative estimate of drug-likeness (QED) is 0.518. The lowest BCUT2D eigenvalue weighted by molar-refractivity contribution is -0.126. The first-order chi connectivity index (χ1) is 16.9. The van der Waals surface area contributed by atoms with Gasteiger partial charge in [-0.3, -0.25) is 19.5 Å². The number of carbonyl (C=O) groups excluding carboxylic acids is 3. The first kappa shape index (κ1) is 23.9. The maximum Gasteiger partial charge on any atom is 0.411 e. The van der Waals surface area contributed by atoms with Crippen LogP contribution in [0.3, 0.4) is 0 Å². The molecule has 180 valence electrons. The molecule has 35 heavy (non-hydrogen) atoms. The summed E-state index contributed by atoms with van der Waals surface area (Å²) in [4.78, 5) is 43.0. The highest BCUT2D eigenvalue weighted by Gasteiger charge is 2.46. The molecular weight excluding hydrogens is 451 g/mol. The Morgan fingerprint density at radius 1 is 1.09 bits per heavy atom. The lowest BCUT2D eigenvalue weighted by atomic mass is 10.00. The zero-order valence-electron chi connectivity index (χ0n) is 19.1. The number of anilines is 1. The number of halogens is 1. The molecule has 0 saturated carbocycles. The summed E-state index contributed by atoms with van der Waals surface area (Å²) in [6.45, 7) is 1.74. The molecule has 0 bridgehead atoms. The summed E-state index contributed by atoms with van der Waals surface area (Å²) in [6, 6.07) is 17.2. The Morgan fingerprint density at radius 2 is 1.89 bits per heavy atom. The van der Waals surface area contributed by atoms with E-state index in [2.05, 4.69) is 15.6 Å². The Labute approximate surface area is 202 Å². The SMILES string of the molecule is CC(=O)Nc1ccc(C2OC(=O)N(Cc3cccc(F)c3)C2C(=O)NCCc2ccccn2)cc1. The van der Waals surface area contributed by atoms with Crippen LogP contribution in [-0.2, 0) is 27.3 Å². The van der Waals surface area contributed by atoms with E-state index >= 15 is 0 Å². The molecule has 1 aliphatic rings. The van der Waals surface area contributed by atoms with Gasteiger partial charge in [-0.2, -0.15) is 0 Å². The molecule has 4 rings (SSSR count). The molecule has 2 atom stereocenters. The van der Waals surface area contributed by atoms with Gasteiger partial charge in [0.05, 0.1) is 6.54 Å². The van der Waals surface area contributed by atoms with Crippen molar-refractivity contribution in [2.75, 3.05) is 11.9 Å². The van der Waals surface area contributed by atoms with Crippen molar-refractivity contribution < 1.29 is 23.5 Å². The van der Waals surface area contributed by atoms with Crippen LogP contribution in [0.25, 0.3) is 0 Å². The Kier molecular flexibility index (Phi) is 7.35. The van der Waals surface area contributed by atoms with Gasteiger partial charge in [-0.15, -0.1) is 0 Å². The molecule has 2 aromatic carbocycles. The van der Waals surface area contributed by atoms with Gasteiger partial charge in [-0.05, 0) is 47.5 Å². The van der Waals surface area contributed by atoms with Crippen molar-refractivity contribution in [3.8, 4) is 0 Å². The summed E-state index contributed by atoms with van der Waals surface area (Å²) in [7, 11) is 0. The van der Waals surface area contributed by atoms with Crippen LogP contribution in [0, 0.1) is 5.82 Å². The number of nitrogens with one attached hydrogen (secondary N) is 2. The topological polar surface area (TPSA) is 101 Å². The minimum Gasteiger partial charge on any atom is -0.438 e. The largest absolute Gasteiger partial charge is 0.438 e. The molecule has 1 aromatic heterocycles. The molecule has 0 spiro atoms. The number of aromatic nitrogens is 1. The summed E-state index contributed by atoms with van der Waals surface area (Å²) >= 11 is 0. The molecule has 0 aliphatic carbocycles. The summed E-state index contributed by atoms with van der Waals surface area (Å²) in [5.74, 6) is -1.04. The predicted molar refractivity (Wildman–Crippen MR) is 127 cm³/mol. The zero-order valence-corrected chi connectivity index (χ0v) is 19.1. The molecule has 3 aromatic rings. The Morgan fingerprint density at radius 3 is 2.57 bits per heavy atom. The smallest absolute Gasteiger partial charge is 0.411 e. The zero-order chi connectivity index (χ0) is 24.8. The number of rotatable bonds is 8. The normalized spacial score (nSPS) is 17.1. The number of hydrogen-bond donors (Lipinski definition) is 2. The number of nitrogens with zero attached hydrogens (tertiary/aromatic N) is 2. The van der Waals surface area contributed by atoms with Gasteiger partial charge in [0.2, 0.25) is 11.8 Å². The highest BCUT2D eigenvalue weighted by Crippen LogP contribution is 2.34. The van der Waals surface area contributed by atoms with Crippen LogP contribution in [0.5, 0.6) is 0 Å². The fraction of sp³-hybridized carbons (Fsp3) is 0.231. The van der Waals surface area contributed by atoms with Gasteiger partial charge in [-0.25, -0.2) is 9.18 Å². The van der Waals surface area contributed by atoms with E-state index in [1.807, 2.05) is 18.2 Å². The van der Waals surface area contributed by atoms with Crippen molar-refractivity contribution in [1.29, 1.82) is 0 Å².